The molecule has 1 aromatic heterocycles. The molecule has 78 valence electrons. The van der Waals surface area contributed by atoms with Gasteiger partial charge in [-0.25, -0.2) is 0 Å². The van der Waals surface area contributed by atoms with Crippen LogP contribution in [0, 0.1) is 6.92 Å². The predicted molar refractivity (Wildman–Crippen MR) is 59.7 cm³/mol. The molecule has 1 aromatic rings. The molecule has 1 unspecified atom stereocenters. The van der Waals surface area contributed by atoms with E-state index in [0.717, 1.165) is 5.56 Å². The molecule has 0 spiro atoms. The van der Waals surface area contributed by atoms with E-state index in [9.17, 15) is 5.11 Å². The topological polar surface area (TPSA) is 32.3 Å². The highest BCUT2D eigenvalue weighted by Gasteiger charge is 2.29. The Balaban J connectivity index is 2.02. The summed E-state index contributed by atoms with van der Waals surface area (Å²) < 4.78 is 0. The molecule has 1 saturated carbocycles. The van der Waals surface area contributed by atoms with Crippen molar-refractivity contribution in [1.29, 1.82) is 0 Å². The third-order valence-electron chi connectivity index (χ3n) is 2.75. The van der Waals surface area contributed by atoms with Crippen LogP contribution >= 0.6 is 11.3 Å². The molecule has 0 bridgehead atoms. The molecule has 0 amide bonds. The van der Waals surface area contributed by atoms with Gasteiger partial charge in [0.15, 0.2) is 0 Å². The van der Waals surface area contributed by atoms with Crippen molar-refractivity contribution in [1.82, 2.24) is 5.32 Å². The highest BCUT2D eigenvalue weighted by Crippen LogP contribution is 2.28. The van der Waals surface area contributed by atoms with E-state index in [4.69, 9.17) is 0 Å². The average molecular weight is 211 g/mol. The fourth-order valence-corrected chi connectivity index (χ4v) is 2.49. The number of nitrogens with one attached hydrogen (secondary N) is 1. The maximum Gasteiger partial charge on any atom is 0.100 e. The minimum absolute atomic E-state index is 0.653. The van der Waals surface area contributed by atoms with Crippen molar-refractivity contribution in [2.45, 2.75) is 38.3 Å². The second kappa shape index (κ2) is 3.65. The van der Waals surface area contributed by atoms with Crippen LogP contribution in [0.4, 0.5) is 0 Å². The van der Waals surface area contributed by atoms with Crippen LogP contribution in [0.25, 0.3) is 0 Å². The molecule has 0 aliphatic heterocycles. The Labute approximate surface area is 89.0 Å². The van der Waals surface area contributed by atoms with Crippen LogP contribution in [0.1, 0.15) is 30.2 Å². The molecular weight excluding hydrogens is 194 g/mol. The minimum Gasteiger partial charge on any atom is -0.384 e. The Hall–Kier alpha value is -0.380. The smallest absolute Gasteiger partial charge is 0.100 e. The second-order valence-electron chi connectivity index (χ2n) is 4.32. The molecule has 14 heavy (non-hydrogen) atoms. The molecule has 1 aliphatic carbocycles. The van der Waals surface area contributed by atoms with E-state index in [1.54, 1.807) is 11.3 Å². The quantitative estimate of drug-likeness (QED) is 0.798. The first-order valence-electron chi connectivity index (χ1n) is 5.10. The number of rotatable bonds is 4. The summed E-state index contributed by atoms with van der Waals surface area (Å²) >= 11 is 1.69. The molecule has 2 N–H and O–H groups in total. The SMILES string of the molecule is Cc1sccc1C(C)(O)CNC1CC1. The van der Waals surface area contributed by atoms with E-state index in [0.29, 0.717) is 12.6 Å². The van der Waals surface area contributed by atoms with Crippen LogP contribution in [-0.4, -0.2) is 17.7 Å². The van der Waals surface area contributed by atoms with Gasteiger partial charge in [-0.1, -0.05) is 0 Å². The fraction of sp³-hybridized carbons (Fsp3) is 0.636. The summed E-state index contributed by atoms with van der Waals surface area (Å²) in [4.78, 5) is 1.22. The van der Waals surface area contributed by atoms with Crippen LogP contribution in [-0.2, 0) is 5.60 Å². The van der Waals surface area contributed by atoms with Crippen molar-refractivity contribution in [3.63, 3.8) is 0 Å². The minimum atomic E-state index is -0.716. The summed E-state index contributed by atoms with van der Waals surface area (Å²) in [6.07, 6.45) is 2.53. The van der Waals surface area contributed by atoms with Crippen molar-refractivity contribution in [2.24, 2.45) is 0 Å². The molecule has 3 heteroatoms. The summed E-state index contributed by atoms with van der Waals surface area (Å²) in [5, 5.41) is 15.7. The van der Waals surface area contributed by atoms with E-state index >= 15 is 0 Å². The largest absolute Gasteiger partial charge is 0.384 e. The summed E-state index contributed by atoms with van der Waals surface area (Å²) in [6.45, 7) is 4.61. The maximum absolute atomic E-state index is 10.3. The van der Waals surface area contributed by atoms with Gasteiger partial charge in [-0.3, -0.25) is 0 Å². The molecule has 1 atom stereocenters. The van der Waals surface area contributed by atoms with Gasteiger partial charge in [0, 0.05) is 17.5 Å². The van der Waals surface area contributed by atoms with Gasteiger partial charge in [0.1, 0.15) is 5.60 Å². The Morgan fingerprint density at radius 2 is 2.36 bits per heavy atom. The number of thiophene rings is 1. The van der Waals surface area contributed by atoms with Gasteiger partial charge in [-0.05, 0) is 43.7 Å². The highest BCUT2D eigenvalue weighted by molar-refractivity contribution is 7.10. The third kappa shape index (κ3) is 2.16. The van der Waals surface area contributed by atoms with Crippen molar-refractivity contribution >= 4 is 11.3 Å². The lowest BCUT2D eigenvalue weighted by molar-refractivity contribution is 0.0565. The van der Waals surface area contributed by atoms with Gasteiger partial charge >= 0.3 is 0 Å². The average Bonchev–Trinajstić information content (AvgIpc) is 2.85. The second-order valence-corrected chi connectivity index (χ2v) is 5.44. The van der Waals surface area contributed by atoms with Crippen molar-refractivity contribution in [3.05, 3.63) is 21.9 Å². The Morgan fingerprint density at radius 1 is 1.64 bits per heavy atom. The first-order chi connectivity index (χ1) is 6.59. The summed E-state index contributed by atoms with van der Waals surface area (Å²) in [6, 6.07) is 2.68. The molecule has 0 radical (unpaired) electrons. The van der Waals surface area contributed by atoms with Crippen LogP contribution in [0.3, 0.4) is 0 Å². The predicted octanol–water partition coefficient (Wildman–Crippen LogP) is 2.02. The maximum atomic E-state index is 10.3. The van der Waals surface area contributed by atoms with Gasteiger partial charge in [-0.15, -0.1) is 11.3 Å². The summed E-state index contributed by atoms with van der Waals surface area (Å²) in [7, 11) is 0. The number of aryl methyl sites for hydroxylation is 1. The van der Waals surface area contributed by atoms with E-state index in [2.05, 4.69) is 12.2 Å². The van der Waals surface area contributed by atoms with Crippen LogP contribution in [0.5, 0.6) is 0 Å². The van der Waals surface area contributed by atoms with E-state index in [1.165, 1.54) is 17.7 Å². The first kappa shape index (κ1) is 10.1. The van der Waals surface area contributed by atoms with Gasteiger partial charge in [0.2, 0.25) is 0 Å². The Bertz CT molecular complexity index is 315. The molecule has 1 fully saturated rings. The van der Waals surface area contributed by atoms with E-state index < -0.39 is 5.60 Å². The number of hydrogen-bond donors (Lipinski definition) is 2. The third-order valence-corrected chi connectivity index (χ3v) is 3.60. The Morgan fingerprint density at radius 3 is 2.86 bits per heavy atom. The van der Waals surface area contributed by atoms with Crippen LogP contribution in [0.15, 0.2) is 11.4 Å². The number of hydrogen-bond acceptors (Lipinski definition) is 3. The summed E-state index contributed by atoms with van der Waals surface area (Å²) in [5.74, 6) is 0. The molecule has 1 aliphatic rings. The zero-order valence-electron chi connectivity index (χ0n) is 8.71. The monoisotopic (exact) mass is 211 g/mol. The van der Waals surface area contributed by atoms with Gasteiger partial charge in [-0.2, -0.15) is 0 Å². The number of aliphatic hydroxyl groups is 1. The Kier molecular flexibility index (Phi) is 2.64. The van der Waals surface area contributed by atoms with Crippen molar-refractivity contribution < 1.29 is 5.11 Å². The zero-order chi connectivity index (χ0) is 10.2. The lowest BCUT2D eigenvalue weighted by Crippen LogP contribution is -2.36. The molecule has 2 nitrogen and oxygen atoms in total. The molecular formula is C11H17NOS. The molecule has 0 saturated heterocycles. The van der Waals surface area contributed by atoms with Gasteiger partial charge in [0.25, 0.3) is 0 Å². The van der Waals surface area contributed by atoms with Crippen LogP contribution in [0.2, 0.25) is 0 Å². The molecule has 1 heterocycles. The normalized spacial score (nSPS) is 20.8. The van der Waals surface area contributed by atoms with E-state index in [-0.39, 0.29) is 0 Å². The lowest BCUT2D eigenvalue weighted by atomic mass is 9.97. The van der Waals surface area contributed by atoms with Crippen molar-refractivity contribution in [3.8, 4) is 0 Å². The first-order valence-corrected chi connectivity index (χ1v) is 5.98. The van der Waals surface area contributed by atoms with Gasteiger partial charge in [0.05, 0.1) is 0 Å². The lowest BCUT2D eigenvalue weighted by Gasteiger charge is -2.24. The molecule has 0 aromatic carbocycles. The summed E-state index contributed by atoms with van der Waals surface area (Å²) in [5.41, 5.74) is 0.350. The molecule has 2 rings (SSSR count). The highest BCUT2D eigenvalue weighted by atomic mass is 32.1. The van der Waals surface area contributed by atoms with Crippen molar-refractivity contribution in [2.75, 3.05) is 6.54 Å². The zero-order valence-corrected chi connectivity index (χ0v) is 9.53. The van der Waals surface area contributed by atoms with Gasteiger partial charge < -0.3 is 10.4 Å². The van der Waals surface area contributed by atoms with E-state index in [1.807, 2.05) is 18.4 Å². The van der Waals surface area contributed by atoms with Crippen LogP contribution < -0.4 is 5.32 Å². The standard InChI is InChI=1S/C11H17NOS/c1-8-10(5-6-14-8)11(2,13)7-12-9-3-4-9/h5-6,9,12-13H,3-4,7H2,1-2H3. The fourth-order valence-electron chi connectivity index (χ4n) is 1.67.